The summed E-state index contributed by atoms with van der Waals surface area (Å²) in [6.07, 6.45) is 10.3. The van der Waals surface area contributed by atoms with Gasteiger partial charge in [-0.2, -0.15) is 0 Å². The second kappa shape index (κ2) is 14.1. The Morgan fingerprint density at radius 1 is 0.250 bits per heavy atom. The zero-order valence-electron chi connectivity index (χ0n) is 26.7. The number of allylic oxidation sites excluding steroid dienone is 4. The van der Waals surface area contributed by atoms with E-state index in [0.717, 1.165) is 0 Å². The number of benzene rings is 6. The lowest BCUT2D eigenvalue weighted by Gasteiger charge is -2.41. The van der Waals surface area contributed by atoms with Gasteiger partial charge in [-0.05, 0) is 69.9 Å². The molecule has 0 nitrogen and oxygen atoms in total. The molecule has 0 amide bonds. The van der Waals surface area contributed by atoms with Crippen LogP contribution in [0.1, 0.15) is 45.2 Å². The van der Waals surface area contributed by atoms with Gasteiger partial charge in [-0.15, -0.1) is 0 Å². The second-order valence-electron chi connectivity index (χ2n) is 12.2. The Balaban J connectivity index is 1.42. The zero-order valence-corrected chi connectivity index (χ0v) is 28.5. The van der Waals surface area contributed by atoms with E-state index in [-0.39, 0.29) is 11.8 Å². The molecule has 230 valence electrons. The average Bonchev–Trinajstić information content (AvgIpc) is 3.19. The van der Waals surface area contributed by atoms with Crippen LogP contribution >= 0.6 is 15.2 Å². The fraction of sp³-hybridized carbons (Fsp3) is 0.0435. The minimum Gasteiger partial charge on any atom is -0.0642 e. The highest BCUT2D eigenvalue weighted by Crippen LogP contribution is 2.91. The van der Waals surface area contributed by atoms with Crippen molar-refractivity contribution in [2.75, 3.05) is 0 Å². The van der Waals surface area contributed by atoms with Gasteiger partial charge in [0, 0.05) is 11.8 Å². The first-order chi connectivity index (χ1) is 23.8. The first-order valence-corrected chi connectivity index (χ1v) is 20.0. The van der Waals surface area contributed by atoms with E-state index in [4.69, 9.17) is 0 Å². The third-order valence-electron chi connectivity index (χ3n) is 9.11. The van der Waals surface area contributed by atoms with E-state index in [2.05, 4.69) is 206 Å². The predicted octanol–water partition coefficient (Wildman–Crippen LogP) is 13.6. The fourth-order valence-electron chi connectivity index (χ4n) is 6.79. The summed E-state index contributed by atoms with van der Waals surface area (Å²) >= 11 is 0. The van der Waals surface area contributed by atoms with Crippen LogP contribution < -0.4 is 0 Å². The van der Waals surface area contributed by atoms with Crippen LogP contribution in [0.4, 0.5) is 0 Å². The van der Waals surface area contributed by atoms with Crippen molar-refractivity contribution in [1.82, 2.24) is 0 Å². The van der Waals surface area contributed by atoms with Crippen molar-refractivity contribution in [2.45, 2.75) is 11.8 Å². The van der Waals surface area contributed by atoms with E-state index in [1.807, 2.05) is 0 Å². The first kappa shape index (κ1) is 30.5. The van der Waals surface area contributed by atoms with Crippen molar-refractivity contribution in [1.29, 1.82) is 0 Å². The summed E-state index contributed by atoms with van der Waals surface area (Å²) in [5.41, 5.74) is 7.92. The molecular weight excluding hydrogens is 614 g/mol. The Labute approximate surface area is 286 Å². The highest BCUT2D eigenvalue weighted by Gasteiger charge is 2.40. The summed E-state index contributed by atoms with van der Waals surface area (Å²) in [4.78, 5) is 0. The Hall–Kier alpha value is -4.86. The molecule has 0 aromatic heterocycles. The van der Waals surface area contributed by atoms with Crippen molar-refractivity contribution in [2.24, 2.45) is 0 Å². The van der Waals surface area contributed by atoms with Gasteiger partial charge in [0.2, 0.25) is 0 Å². The van der Waals surface area contributed by atoms with E-state index in [1.54, 1.807) is 0 Å². The van der Waals surface area contributed by atoms with Gasteiger partial charge in [0.05, 0.1) is 0 Å². The fourth-order valence-corrected chi connectivity index (χ4v) is 15.7. The molecule has 0 unspecified atom stereocenters. The summed E-state index contributed by atoms with van der Waals surface area (Å²) in [6.45, 7) is 0. The third-order valence-corrected chi connectivity index (χ3v) is 16.7. The van der Waals surface area contributed by atoms with Gasteiger partial charge in [-0.25, -0.2) is 0 Å². The second-order valence-corrected chi connectivity index (χ2v) is 17.7. The lowest BCUT2D eigenvalue weighted by atomic mass is 9.95. The Bertz CT molecular complexity index is 1830. The molecule has 2 aliphatic rings. The normalized spacial score (nSPS) is 20.6. The molecule has 0 saturated heterocycles. The van der Waals surface area contributed by atoms with Crippen LogP contribution in [0.5, 0.6) is 0 Å². The molecule has 0 atom stereocenters. The van der Waals surface area contributed by atoms with Crippen molar-refractivity contribution in [3.63, 3.8) is 0 Å². The zero-order chi connectivity index (χ0) is 32.1. The third kappa shape index (κ3) is 6.23. The molecular formula is C46H36P2. The van der Waals surface area contributed by atoms with E-state index in [0.29, 0.717) is 0 Å². The standard InChI is InChI=1S/C46H36P2/c1-7-19-35(20-8-1)41-31-43(37-23-11-3-12-24-37)47(44(32-41)38-25-13-4-14-26-38)48-45(39-27-15-5-16-28-39)33-42(36-21-9-2-10-22-36)34-46(48)40-29-17-6-18-30-40/h1-34,41-42H. The molecule has 0 bridgehead atoms. The molecule has 2 heteroatoms. The Morgan fingerprint density at radius 3 is 0.688 bits per heavy atom. The minimum absolute atomic E-state index is 0.181. The average molecular weight is 651 g/mol. The van der Waals surface area contributed by atoms with Gasteiger partial charge in [-0.1, -0.05) is 206 Å². The maximum absolute atomic E-state index is 2.58. The number of hydrogen-bond acceptors (Lipinski definition) is 0. The molecule has 0 N–H and O–H groups in total. The number of rotatable bonds is 7. The van der Waals surface area contributed by atoms with E-state index < -0.39 is 15.2 Å². The summed E-state index contributed by atoms with van der Waals surface area (Å²) in [5.74, 6) is 0.362. The van der Waals surface area contributed by atoms with Crippen LogP contribution in [0.25, 0.3) is 21.3 Å². The van der Waals surface area contributed by atoms with Crippen LogP contribution in [0, 0.1) is 0 Å². The summed E-state index contributed by atoms with van der Waals surface area (Å²) in [5, 5.41) is 5.87. The van der Waals surface area contributed by atoms with E-state index in [9.17, 15) is 0 Å². The van der Waals surface area contributed by atoms with Gasteiger partial charge >= 0.3 is 0 Å². The molecule has 0 aliphatic carbocycles. The molecule has 2 aliphatic heterocycles. The van der Waals surface area contributed by atoms with Gasteiger partial charge < -0.3 is 0 Å². The van der Waals surface area contributed by atoms with Crippen LogP contribution in [0.2, 0.25) is 0 Å². The first-order valence-electron chi connectivity index (χ1n) is 16.6. The van der Waals surface area contributed by atoms with Gasteiger partial charge in [0.1, 0.15) is 0 Å². The van der Waals surface area contributed by atoms with Crippen molar-refractivity contribution in [3.8, 4) is 0 Å². The minimum atomic E-state index is -0.850. The lowest BCUT2D eigenvalue weighted by molar-refractivity contribution is 1.09. The molecule has 0 spiro atoms. The largest absolute Gasteiger partial charge is 0.0642 e. The smallest absolute Gasteiger partial charge is 0.0217 e. The van der Waals surface area contributed by atoms with Crippen molar-refractivity contribution < 1.29 is 0 Å². The maximum Gasteiger partial charge on any atom is 0.0217 e. The Morgan fingerprint density at radius 2 is 0.458 bits per heavy atom. The number of hydrogen-bond donors (Lipinski definition) is 0. The summed E-state index contributed by atoms with van der Waals surface area (Å²) < 4.78 is 0. The molecule has 0 fully saturated rings. The van der Waals surface area contributed by atoms with Crippen LogP contribution in [0.15, 0.2) is 206 Å². The molecule has 48 heavy (non-hydrogen) atoms. The van der Waals surface area contributed by atoms with Crippen LogP contribution in [-0.4, -0.2) is 0 Å². The molecule has 6 aromatic rings. The topological polar surface area (TPSA) is 0 Å². The van der Waals surface area contributed by atoms with Crippen LogP contribution in [-0.2, 0) is 0 Å². The molecule has 6 aromatic carbocycles. The summed E-state index contributed by atoms with van der Waals surface area (Å²) in [6, 6.07) is 66.7. The predicted molar refractivity (Wildman–Crippen MR) is 210 cm³/mol. The van der Waals surface area contributed by atoms with E-state index >= 15 is 0 Å². The van der Waals surface area contributed by atoms with Crippen LogP contribution in [0.3, 0.4) is 0 Å². The maximum atomic E-state index is 2.58. The van der Waals surface area contributed by atoms with Gasteiger partial charge in [0.25, 0.3) is 0 Å². The molecule has 8 rings (SSSR count). The van der Waals surface area contributed by atoms with Gasteiger partial charge in [0.15, 0.2) is 0 Å². The highest BCUT2D eigenvalue weighted by molar-refractivity contribution is 8.45. The quantitative estimate of drug-likeness (QED) is 0.151. The monoisotopic (exact) mass is 650 g/mol. The van der Waals surface area contributed by atoms with Crippen molar-refractivity contribution in [3.05, 3.63) is 240 Å². The van der Waals surface area contributed by atoms with Crippen molar-refractivity contribution >= 4 is 36.5 Å². The lowest BCUT2D eigenvalue weighted by Crippen LogP contribution is -2.05. The molecule has 0 saturated carbocycles. The molecule has 2 heterocycles. The van der Waals surface area contributed by atoms with Gasteiger partial charge in [-0.3, -0.25) is 0 Å². The summed E-state index contributed by atoms with van der Waals surface area (Å²) in [7, 11) is -1.70. The Kier molecular flexibility index (Phi) is 8.95. The molecule has 0 radical (unpaired) electrons. The van der Waals surface area contributed by atoms with E-state index in [1.165, 1.54) is 54.6 Å². The highest BCUT2D eigenvalue weighted by atomic mass is 32.1. The SMILES string of the molecule is C1=C(c2ccccc2)P(P2C(c3ccccc3)=CC(c3ccccc3)C=C2c2ccccc2)C(c2ccccc2)=CC1c1ccccc1.